The number of cyclic esters (lactones) is 2. The van der Waals surface area contributed by atoms with Crippen LogP contribution in [0.25, 0.3) is 0 Å². The summed E-state index contributed by atoms with van der Waals surface area (Å²) in [7, 11) is -1.42. The number of rotatable bonds is 14. The summed E-state index contributed by atoms with van der Waals surface area (Å²) >= 11 is 0. The number of hydrogen-bond donors (Lipinski definition) is 8. The van der Waals surface area contributed by atoms with Crippen molar-refractivity contribution in [2.45, 2.75) is 373 Å². The quantitative estimate of drug-likeness (QED) is 0.0455. The topological polar surface area (TPSA) is 431 Å². The summed E-state index contributed by atoms with van der Waals surface area (Å²) in [6, 6.07) is -3.71. The van der Waals surface area contributed by atoms with Crippen molar-refractivity contribution in [1.82, 2.24) is 19.2 Å². The van der Waals surface area contributed by atoms with Crippen LogP contribution in [0.5, 0.6) is 0 Å². The highest BCUT2D eigenvalue weighted by Gasteiger charge is 2.56. The smallest absolute Gasteiger partial charge is 0.329 e. The van der Waals surface area contributed by atoms with Crippen molar-refractivity contribution in [3.8, 4) is 0 Å². The Bertz CT molecular complexity index is 4100. The minimum Gasteiger partial charge on any atom is -0.461 e. The van der Waals surface area contributed by atoms with Gasteiger partial charge >= 0.3 is 11.9 Å². The molecule has 30 atom stereocenters. The predicted octanol–water partition coefficient (Wildman–Crippen LogP) is 11.8. The number of ketones is 4. The van der Waals surface area contributed by atoms with Gasteiger partial charge in [-0.05, 0) is 253 Å². The van der Waals surface area contributed by atoms with E-state index in [9.17, 15) is 85.8 Å². The van der Waals surface area contributed by atoms with E-state index in [4.69, 9.17) is 37.9 Å². The summed E-state index contributed by atoms with van der Waals surface area (Å²) in [5.41, 5.74) is 2.44. The second-order valence-corrected chi connectivity index (χ2v) is 44.4. The second-order valence-electron chi connectivity index (χ2n) is 40.8. The first-order chi connectivity index (χ1) is 63.0. The van der Waals surface area contributed by atoms with Crippen LogP contribution in [0.3, 0.4) is 0 Å². The van der Waals surface area contributed by atoms with Crippen molar-refractivity contribution in [3.63, 3.8) is 0 Å². The minimum absolute atomic E-state index is 0.00819. The number of hydrogen-bond acceptors (Lipinski definition) is 26. The van der Waals surface area contributed by atoms with Crippen LogP contribution in [-0.2, 0) is 96.3 Å². The number of nitrogens with zero attached hydrogens (tertiary/aromatic N) is 2. The summed E-state index contributed by atoms with van der Waals surface area (Å²) in [6.45, 7) is 26.2. The number of allylic oxidation sites excluding steroid dienone is 12. The highest BCUT2D eigenvalue weighted by molar-refractivity contribution is 7.89. The third kappa shape index (κ3) is 33.5. The standard InChI is InChI=1S/2C51H82N2O13S/c2*1-31-16-12-11-13-17-33(3)40(52-67(10,61)62)30-39-22-20-37(7)51(60,66-39)48(57)49(58)53-25-15-14-18-41(53)50(59)65-43(34(4)28-38-21-23-42(54)44(29-38)63-8)24-19-32(2)27-36(6)46(56)47(64-9)45(55)35(5)26-31/h2*11-13,16-17,27,31-32,34-35,37-44,46-47,52,54,56,60H,14-15,18-26,28-30H2,1-10H3/b2*13-11+,16-12+,33-17+,36-27+/t31-,32+,34-,35-,37-,38+,39+,40+,41+,42-,43+,44-,46-,47+,51-;31-,32+,34-,35-,37-,38+,39+,40-,41+,42-,43+,44-,46-,47+,51-/m11/s1. The fourth-order valence-corrected chi connectivity index (χ4v) is 22.5. The van der Waals surface area contributed by atoms with Gasteiger partial charge in [0.2, 0.25) is 31.6 Å². The summed E-state index contributed by atoms with van der Waals surface area (Å²) < 4.78 is 103. The van der Waals surface area contributed by atoms with Gasteiger partial charge in [0, 0.05) is 77.3 Å². The zero-order valence-corrected chi connectivity index (χ0v) is 85.1. The van der Waals surface area contributed by atoms with E-state index in [0.717, 1.165) is 25.4 Å². The first kappa shape index (κ1) is 115. The van der Waals surface area contributed by atoms with Gasteiger partial charge in [0.25, 0.3) is 23.4 Å². The molecule has 0 aromatic heterocycles. The van der Waals surface area contributed by atoms with Gasteiger partial charge in [-0.25, -0.2) is 35.9 Å². The van der Waals surface area contributed by atoms with Crippen LogP contribution in [0.1, 0.15) is 264 Å². The lowest BCUT2D eigenvalue weighted by molar-refractivity contribution is -0.264. The van der Waals surface area contributed by atoms with Crippen LogP contribution in [0.15, 0.2) is 95.2 Å². The molecule has 0 aromatic carbocycles. The van der Waals surface area contributed by atoms with Crippen LogP contribution in [0.4, 0.5) is 0 Å². The van der Waals surface area contributed by atoms with E-state index < -0.39 is 176 Å². The number of piperidine rings is 2. The highest BCUT2D eigenvalue weighted by Crippen LogP contribution is 2.42. The molecule has 2 amide bonds. The second kappa shape index (κ2) is 53.4. The molecule has 0 radical (unpaired) electrons. The molecule has 6 aliphatic heterocycles. The Balaban J connectivity index is 0.000000366. The number of nitrogens with one attached hydrogen (secondary N) is 2. The van der Waals surface area contributed by atoms with E-state index in [2.05, 4.69) is 9.44 Å². The molecular formula is C102H164N4O26S2. The van der Waals surface area contributed by atoms with Crippen molar-refractivity contribution in [3.05, 3.63) is 95.2 Å². The molecule has 6 fully saturated rings. The van der Waals surface area contributed by atoms with E-state index in [1.54, 1.807) is 92.2 Å². The number of Topliss-reactive ketones (excluding diaryl/α,β-unsaturated/α-hetero) is 4. The van der Waals surface area contributed by atoms with Crippen molar-refractivity contribution in [2.75, 3.05) is 54.0 Å². The highest BCUT2D eigenvalue weighted by atomic mass is 32.2. The number of carbonyl (C=O) groups is 8. The van der Waals surface area contributed by atoms with Gasteiger partial charge < -0.3 is 78.3 Å². The van der Waals surface area contributed by atoms with E-state index >= 15 is 0 Å². The van der Waals surface area contributed by atoms with Crippen molar-refractivity contribution >= 4 is 66.9 Å². The molecule has 4 saturated heterocycles. The maximum atomic E-state index is 14.4. The average molecular weight is 1930 g/mol. The Kier molecular flexibility index (Phi) is 45.8. The number of ether oxygens (including phenoxy) is 8. The molecular weight excluding hydrogens is 1760 g/mol. The molecule has 760 valence electrons. The first-order valence-electron chi connectivity index (χ1n) is 49.2. The number of aliphatic hydroxyl groups excluding tert-OH is 4. The third-order valence-corrected chi connectivity index (χ3v) is 30.7. The zero-order valence-electron chi connectivity index (χ0n) is 83.5. The Hall–Kier alpha value is -6.18. The molecule has 8 aliphatic rings. The van der Waals surface area contributed by atoms with E-state index in [-0.39, 0.29) is 110 Å². The summed E-state index contributed by atoms with van der Waals surface area (Å²) in [5.74, 6) is -13.7. The van der Waals surface area contributed by atoms with Crippen molar-refractivity contribution in [2.24, 2.45) is 71.0 Å². The summed E-state index contributed by atoms with van der Waals surface area (Å²) in [6.07, 6.45) is 28.0. The van der Waals surface area contributed by atoms with E-state index in [0.29, 0.717) is 151 Å². The lowest BCUT2D eigenvalue weighted by Gasteiger charge is -2.43. The molecule has 2 aliphatic carbocycles. The van der Waals surface area contributed by atoms with E-state index in [1.807, 2.05) is 91.8 Å². The van der Waals surface area contributed by atoms with Crippen molar-refractivity contribution < 1.29 is 124 Å². The normalized spacial score (nSPS) is 39.8. The van der Waals surface area contributed by atoms with Crippen LogP contribution in [0.2, 0.25) is 0 Å². The average Bonchev–Trinajstić information content (AvgIpc) is 0.773. The Morgan fingerprint density at radius 1 is 0.433 bits per heavy atom. The third-order valence-electron chi connectivity index (χ3n) is 29.3. The molecule has 8 rings (SSSR count). The fourth-order valence-electron chi connectivity index (χ4n) is 20.9. The Labute approximate surface area is 798 Å². The number of carbonyl (C=O) groups excluding carboxylic acids is 8. The number of amides is 2. The number of esters is 2. The van der Waals surface area contributed by atoms with Crippen LogP contribution in [-0.4, -0.2) is 267 Å². The van der Waals surface area contributed by atoms with Gasteiger partial charge in [-0.3, -0.25) is 28.8 Å². The lowest BCUT2D eigenvalue weighted by Crippen LogP contribution is -2.61. The SMILES string of the molecule is CO[C@@H]1C[C@H](C[C@@H](C)[C@@H]2CC[C@H](C)/C=C(\C)[C@@H](O)[C@@H](OC)C(=O)[C@H](C)C[C@H](C)/C=C/C=C/C=C(\C)[C@@H](NS(C)(=O)=O)C[C@@H]3CC[C@@H](C)[C@@](O)(O3)C(=O)C(=O)N3CCCC[C@H]3C(=O)O2)CC[C@H]1O.CO[C@@H]1C[C@H](C[C@@H](C)[C@@H]2CC[C@H](C)/C=C(\C)[C@@H](O)[C@@H](OC)C(=O)[C@H](C)C[C@H](C)/C=C/C=C/C=C(\C)[C@H](NS(C)(=O)=O)C[C@@H]3CC[C@@H](C)[C@@](O)(O3)C(=O)C(=O)N3CCCC[C@H]3C(=O)O2)CC[C@H]1O. The van der Waals surface area contributed by atoms with Crippen molar-refractivity contribution in [1.29, 1.82) is 0 Å². The lowest BCUT2D eigenvalue weighted by atomic mass is 9.78. The van der Waals surface area contributed by atoms with Gasteiger partial charge in [-0.1, -0.05) is 153 Å². The summed E-state index contributed by atoms with van der Waals surface area (Å²) in [4.78, 5) is 116. The largest absolute Gasteiger partial charge is 0.461 e. The van der Waals surface area contributed by atoms with Gasteiger partial charge in [-0.2, -0.15) is 0 Å². The predicted molar refractivity (Wildman–Crippen MR) is 511 cm³/mol. The van der Waals surface area contributed by atoms with Gasteiger partial charge in [0.15, 0.2) is 11.6 Å². The Morgan fingerprint density at radius 3 is 1.13 bits per heavy atom. The number of aliphatic hydroxyl groups is 6. The summed E-state index contributed by atoms with van der Waals surface area (Å²) in [5, 5.41) is 67.9. The van der Waals surface area contributed by atoms with Crippen LogP contribution in [0, 0.1) is 71.0 Å². The minimum atomic E-state index is -3.72. The molecule has 8 N–H and O–H groups in total. The molecule has 0 unspecified atom stereocenters. The maximum Gasteiger partial charge on any atom is 0.329 e. The fraction of sp³-hybridized carbons (Fsp3) is 0.765. The molecule has 4 bridgehead atoms. The molecule has 0 spiro atoms. The molecule has 0 aromatic rings. The number of methoxy groups -OCH3 is 4. The molecule has 6 heterocycles. The molecule has 134 heavy (non-hydrogen) atoms. The monoisotopic (exact) mass is 1930 g/mol. The van der Waals surface area contributed by atoms with E-state index in [1.165, 1.54) is 24.0 Å². The zero-order chi connectivity index (χ0) is 99.6. The van der Waals surface area contributed by atoms with Crippen LogP contribution < -0.4 is 9.44 Å². The first-order valence-corrected chi connectivity index (χ1v) is 52.9. The number of sulfonamides is 2. The van der Waals surface area contributed by atoms with Gasteiger partial charge in [0.05, 0.1) is 49.1 Å². The molecule has 30 nitrogen and oxygen atoms in total. The van der Waals surface area contributed by atoms with Gasteiger partial charge in [0.1, 0.15) is 48.7 Å². The molecule has 2 saturated carbocycles. The Morgan fingerprint density at radius 2 is 0.791 bits per heavy atom. The van der Waals surface area contributed by atoms with Gasteiger partial charge in [-0.15, -0.1) is 0 Å². The number of fused-ring (bicyclic) bond motifs is 6. The maximum absolute atomic E-state index is 14.4. The van der Waals surface area contributed by atoms with Crippen LogP contribution >= 0.6 is 0 Å². The molecule has 32 heteroatoms.